The molecule has 3 heterocycles. The third-order valence-corrected chi connectivity index (χ3v) is 6.87. The van der Waals surface area contributed by atoms with Crippen molar-refractivity contribution in [1.29, 1.82) is 0 Å². The van der Waals surface area contributed by atoms with Gasteiger partial charge in [-0.15, -0.1) is 0 Å². The summed E-state index contributed by atoms with van der Waals surface area (Å²) in [5.41, 5.74) is 0.560. The summed E-state index contributed by atoms with van der Waals surface area (Å²) in [7, 11) is 1.54. The zero-order valence-electron chi connectivity index (χ0n) is 21.3. The standard InChI is InChI=1S/C27H30O13/c1-35-13-4-2-12(3-5-13)18-9-16(28)15-7-6-14(8-19(15)39-18)38-27-25(34)23(32)22(31)20(40-27)11-37-26-24(33)21(30)17(29)10-36-26/h2-9,17,20-27,29-34H,10-11H2,1H3/t17-,20-,21+,22-,23+,24-,25-,26-,27+/m1/s1. The fourth-order valence-electron chi connectivity index (χ4n) is 4.51. The van der Waals surface area contributed by atoms with Gasteiger partial charge in [0, 0.05) is 17.7 Å². The molecule has 13 heteroatoms. The Morgan fingerprint density at radius 1 is 0.825 bits per heavy atom. The van der Waals surface area contributed by atoms with Gasteiger partial charge < -0.3 is 58.7 Å². The number of hydrogen-bond acceptors (Lipinski definition) is 13. The van der Waals surface area contributed by atoms with Gasteiger partial charge >= 0.3 is 0 Å². The van der Waals surface area contributed by atoms with E-state index in [-0.39, 0.29) is 28.8 Å². The fourth-order valence-corrected chi connectivity index (χ4v) is 4.51. The van der Waals surface area contributed by atoms with Gasteiger partial charge in [-0.1, -0.05) is 0 Å². The van der Waals surface area contributed by atoms with E-state index in [1.165, 1.54) is 24.3 Å². The Labute approximate surface area is 227 Å². The molecule has 0 amide bonds. The molecule has 1 aromatic heterocycles. The lowest BCUT2D eigenvalue weighted by Gasteiger charge is -2.41. The summed E-state index contributed by atoms with van der Waals surface area (Å²) in [4.78, 5) is 12.7. The second kappa shape index (κ2) is 11.8. The SMILES string of the molecule is COc1ccc(-c2cc(=O)c3ccc(O[C@H]4O[C@H](CO[C@H]5OC[C@@H](O)[C@H](O)[C@H]5O)[C@@H](O)[C@H](O)[C@H]4O)cc3o2)cc1. The molecule has 2 fully saturated rings. The van der Waals surface area contributed by atoms with E-state index >= 15 is 0 Å². The monoisotopic (exact) mass is 562 g/mol. The molecule has 0 saturated carbocycles. The second-order valence-electron chi connectivity index (χ2n) is 9.58. The maximum atomic E-state index is 12.7. The van der Waals surface area contributed by atoms with Crippen LogP contribution in [0.4, 0.5) is 0 Å². The van der Waals surface area contributed by atoms with Crippen molar-refractivity contribution in [2.45, 2.75) is 55.3 Å². The Morgan fingerprint density at radius 2 is 1.52 bits per heavy atom. The molecule has 5 rings (SSSR count). The quantitative estimate of drug-likeness (QED) is 0.208. The number of aliphatic hydroxyl groups excluding tert-OH is 6. The molecule has 6 N–H and O–H groups in total. The highest BCUT2D eigenvalue weighted by Gasteiger charge is 2.46. The van der Waals surface area contributed by atoms with Gasteiger partial charge in [-0.3, -0.25) is 4.79 Å². The fraction of sp³-hybridized carbons (Fsp3) is 0.444. The molecule has 0 radical (unpaired) electrons. The highest BCUT2D eigenvalue weighted by atomic mass is 16.7. The number of rotatable bonds is 7. The molecule has 13 nitrogen and oxygen atoms in total. The highest BCUT2D eigenvalue weighted by molar-refractivity contribution is 5.80. The molecular weight excluding hydrogens is 532 g/mol. The van der Waals surface area contributed by atoms with Crippen LogP contribution in [0, 0.1) is 0 Å². The minimum atomic E-state index is -1.68. The van der Waals surface area contributed by atoms with Crippen molar-refractivity contribution in [2.24, 2.45) is 0 Å². The molecule has 0 bridgehead atoms. The van der Waals surface area contributed by atoms with E-state index in [0.29, 0.717) is 17.1 Å². The molecule has 2 saturated heterocycles. The van der Waals surface area contributed by atoms with E-state index in [9.17, 15) is 35.4 Å². The van der Waals surface area contributed by atoms with E-state index in [0.717, 1.165) is 0 Å². The van der Waals surface area contributed by atoms with E-state index in [4.69, 9.17) is 28.1 Å². The summed E-state index contributed by atoms with van der Waals surface area (Å²) < 4.78 is 33.1. The third kappa shape index (κ3) is 5.69. The molecule has 2 aliphatic rings. The smallest absolute Gasteiger partial charge is 0.229 e. The van der Waals surface area contributed by atoms with E-state index in [2.05, 4.69) is 0 Å². The van der Waals surface area contributed by atoms with Crippen LogP contribution >= 0.6 is 0 Å². The zero-order valence-corrected chi connectivity index (χ0v) is 21.3. The van der Waals surface area contributed by atoms with Crippen LogP contribution in [0.3, 0.4) is 0 Å². The minimum Gasteiger partial charge on any atom is -0.497 e. The molecule has 40 heavy (non-hydrogen) atoms. The van der Waals surface area contributed by atoms with Gasteiger partial charge in [-0.2, -0.15) is 0 Å². The first-order valence-corrected chi connectivity index (χ1v) is 12.5. The van der Waals surface area contributed by atoms with Gasteiger partial charge in [0.2, 0.25) is 6.29 Å². The van der Waals surface area contributed by atoms with Crippen molar-refractivity contribution >= 4 is 11.0 Å². The Hall–Kier alpha value is -3.11. The number of benzene rings is 2. The van der Waals surface area contributed by atoms with Crippen molar-refractivity contribution in [1.82, 2.24) is 0 Å². The Bertz CT molecular complexity index is 1360. The van der Waals surface area contributed by atoms with Crippen LogP contribution < -0.4 is 14.9 Å². The first kappa shape index (κ1) is 28.4. The van der Waals surface area contributed by atoms with Crippen molar-refractivity contribution in [3.63, 3.8) is 0 Å². The van der Waals surface area contributed by atoms with Crippen LogP contribution in [-0.2, 0) is 14.2 Å². The van der Waals surface area contributed by atoms with Crippen LogP contribution in [0.2, 0.25) is 0 Å². The lowest BCUT2D eigenvalue weighted by Crippen LogP contribution is -2.61. The van der Waals surface area contributed by atoms with Crippen LogP contribution in [0.15, 0.2) is 57.7 Å². The van der Waals surface area contributed by atoms with Gasteiger partial charge in [0.25, 0.3) is 0 Å². The Kier molecular flexibility index (Phi) is 8.37. The average molecular weight is 563 g/mol. The Balaban J connectivity index is 1.32. The van der Waals surface area contributed by atoms with E-state index < -0.39 is 61.9 Å². The molecule has 0 spiro atoms. The van der Waals surface area contributed by atoms with Gasteiger partial charge in [-0.25, -0.2) is 0 Å². The summed E-state index contributed by atoms with van der Waals surface area (Å²) in [5, 5.41) is 61.0. The molecule has 0 aliphatic carbocycles. The largest absolute Gasteiger partial charge is 0.497 e. The third-order valence-electron chi connectivity index (χ3n) is 6.87. The zero-order chi connectivity index (χ0) is 28.6. The number of fused-ring (bicyclic) bond motifs is 1. The number of hydrogen-bond donors (Lipinski definition) is 6. The summed E-state index contributed by atoms with van der Waals surface area (Å²) in [5.74, 6) is 1.09. The van der Waals surface area contributed by atoms with Gasteiger partial charge in [0.05, 0.1) is 25.7 Å². The molecule has 3 aromatic rings. The average Bonchev–Trinajstić information content (AvgIpc) is 2.96. The predicted molar refractivity (Wildman–Crippen MR) is 135 cm³/mol. The van der Waals surface area contributed by atoms with Gasteiger partial charge in [0.1, 0.15) is 65.6 Å². The van der Waals surface area contributed by atoms with Crippen molar-refractivity contribution in [3.05, 3.63) is 58.8 Å². The first-order valence-electron chi connectivity index (χ1n) is 12.5. The van der Waals surface area contributed by atoms with E-state index in [1.54, 1.807) is 31.4 Å². The predicted octanol–water partition coefficient (Wildman–Crippen LogP) is -0.889. The maximum absolute atomic E-state index is 12.7. The number of ether oxygens (including phenoxy) is 5. The maximum Gasteiger partial charge on any atom is 0.229 e. The second-order valence-corrected chi connectivity index (χ2v) is 9.58. The molecule has 9 atom stereocenters. The van der Waals surface area contributed by atoms with Gasteiger partial charge in [0.15, 0.2) is 11.7 Å². The normalized spacial score (nSPS) is 32.6. The number of aliphatic hydroxyl groups is 6. The first-order chi connectivity index (χ1) is 19.2. The summed E-state index contributed by atoms with van der Waals surface area (Å²) in [6.07, 6.45) is -13.3. The molecule has 216 valence electrons. The van der Waals surface area contributed by atoms with Crippen LogP contribution in [0.5, 0.6) is 11.5 Å². The topological polar surface area (TPSA) is 198 Å². The van der Waals surface area contributed by atoms with Crippen molar-refractivity contribution in [3.8, 4) is 22.8 Å². The highest BCUT2D eigenvalue weighted by Crippen LogP contribution is 2.29. The van der Waals surface area contributed by atoms with Crippen LogP contribution in [0.1, 0.15) is 0 Å². The summed E-state index contributed by atoms with van der Waals surface area (Å²) in [6.45, 7) is -0.713. The van der Waals surface area contributed by atoms with E-state index in [1.807, 2.05) is 0 Å². The summed E-state index contributed by atoms with van der Waals surface area (Å²) >= 11 is 0. The molecule has 2 aromatic carbocycles. The summed E-state index contributed by atoms with van der Waals surface area (Å²) in [6, 6.07) is 12.7. The van der Waals surface area contributed by atoms with Crippen LogP contribution in [0.25, 0.3) is 22.3 Å². The minimum absolute atomic E-state index is 0.137. The lowest BCUT2D eigenvalue weighted by atomic mass is 9.99. The van der Waals surface area contributed by atoms with Crippen molar-refractivity contribution < 1.29 is 58.7 Å². The molecule has 0 unspecified atom stereocenters. The Morgan fingerprint density at radius 3 is 2.25 bits per heavy atom. The van der Waals surface area contributed by atoms with Gasteiger partial charge in [-0.05, 0) is 36.4 Å². The van der Waals surface area contributed by atoms with Crippen LogP contribution in [-0.4, -0.2) is 106 Å². The van der Waals surface area contributed by atoms with Crippen molar-refractivity contribution in [2.75, 3.05) is 20.3 Å². The molecular formula is C27H30O13. The number of methoxy groups -OCH3 is 1. The lowest BCUT2D eigenvalue weighted by molar-refractivity contribution is -0.307. The molecule has 2 aliphatic heterocycles.